The number of aromatic hydroxyl groups is 1. The molecule has 7 heteroatoms. The molecule has 0 aliphatic heterocycles. The third-order valence-electron chi connectivity index (χ3n) is 5.10. The molecule has 1 aliphatic rings. The van der Waals surface area contributed by atoms with Crippen molar-refractivity contribution in [3.05, 3.63) is 64.1 Å². The van der Waals surface area contributed by atoms with Crippen LogP contribution in [0.1, 0.15) is 41.6 Å². The average molecular weight is 363 g/mol. The Bertz CT molecular complexity index is 867. The average Bonchev–Trinajstić information content (AvgIpc) is 2.60. The molecular formula is C19H19F2NO4. The maximum absolute atomic E-state index is 13.7. The van der Waals surface area contributed by atoms with E-state index in [9.17, 15) is 23.5 Å². The quantitative estimate of drug-likeness (QED) is 0.873. The minimum absolute atomic E-state index is 0.196. The predicted octanol–water partition coefficient (Wildman–Crippen LogP) is 3.40. The van der Waals surface area contributed by atoms with E-state index in [1.807, 2.05) is 30.3 Å². The molecule has 138 valence electrons. The number of alkyl halides is 2. The fourth-order valence-corrected chi connectivity index (χ4v) is 3.63. The van der Waals surface area contributed by atoms with Crippen molar-refractivity contribution in [2.45, 2.75) is 43.6 Å². The maximum atomic E-state index is 13.7. The van der Waals surface area contributed by atoms with Crippen molar-refractivity contribution in [1.82, 2.24) is 4.57 Å². The van der Waals surface area contributed by atoms with Gasteiger partial charge in [-0.3, -0.25) is 4.79 Å². The van der Waals surface area contributed by atoms with Crippen LogP contribution in [0.3, 0.4) is 0 Å². The Labute approximate surface area is 148 Å². The van der Waals surface area contributed by atoms with Crippen LogP contribution in [0.2, 0.25) is 0 Å². The highest BCUT2D eigenvalue weighted by Crippen LogP contribution is 2.46. The summed E-state index contributed by atoms with van der Waals surface area (Å²) < 4.78 is 28.9. The summed E-state index contributed by atoms with van der Waals surface area (Å²) in [6, 6.07) is 9.22. The van der Waals surface area contributed by atoms with Crippen molar-refractivity contribution < 1.29 is 23.8 Å². The number of aromatic nitrogens is 1. The van der Waals surface area contributed by atoms with Crippen LogP contribution in [0.5, 0.6) is 5.75 Å². The standard InChI is InChI=1S/C19H19F2NO4/c20-19(21)8-6-18(7-9-19,13-4-2-1-3-5-13)12-22-10-14(17(25)26)16(24)15(23)11-22/h1-5,10-11,23H,6-9,12H2,(H,25,26). The smallest absolute Gasteiger partial charge is 0.341 e. The molecule has 0 radical (unpaired) electrons. The van der Waals surface area contributed by atoms with Gasteiger partial charge in [0.15, 0.2) is 5.75 Å². The lowest BCUT2D eigenvalue weighted by Gasteiger charge is -2.41. The van der Waals surface area contributed by atoms with Gasteiger partial charge < -0.3 is 14.8 Å². The second-order valence-electron chi connectivity index (χ2n) is 6.87. The minimum atomic E-state index is -2.71. The predicted molar refractivity (Wildman–Crippen MR) is 90.9 cm³/mol. The van der Waals surface area contributed by atoms with Crippen molar-refractivity contribution in [2.24, 2.45) is 0 Å². The molecular weight excluding hydrogens is 344 g/mol. The van der Waals surface area contributed by atoms with Crippen molar-refractivity contribution in [1.29, 1.82) is 0 Å². The van der Waals surface area contributed by atoms with Crippen molar-refractivity contribution in [3.8, 4) is 5.75 Å². The molecule has 0 unspecified atom stereocenters. The summed E-state index contributed by atoms with van der Waals surface area (Å²) in [4.78, 5) is 23.0. The van der Waals surface area contributed by atoms with E-state index in [4.69, 9.17) is 5.11 Å². The van der Waals surface area contributed by atoms with Gasteiger partial charge in [-0.25, -0.2) is 13.6 Å². The van der Waals surface area contributed by atoms with Gasteiger partial charge in [0.1, 0.15) is 5.56 Å². The Morgan fingerprint density at radius 1 is 1.08 bits per heavy atom. The molecule has 3 rings (SSSR count). The van der Waals surface area contributed by atoms with Gasteiger partial charge in [0.2, 0.25) is 11.4 Å². The van der Waals surface area contributed by atoms with Crippen LogP contribution in [0.4, 0.5) is 8.78 Å². The lowest BCUT2D eigenvalue weighted by molar-refractivity contribution is -0.0543. The van der Waals surface area contributed by atoms with Crippen molar-refractivity contribution >= 4 is 5.97 Å². The van der Waals surface area contributed by atoms with E-state index in [2.05, 4.69) is 0 Å². The third kappa shape index (κ3) is 3.47. The molecule has 2 N–H and O–H groups in total. The van der Waals surface area contributed by atoms with Gasteiger partial charge >= 0.3 is 5.97 Å². The molecule has 1 aliphatic carbocycles. The van der Waals surface area contributed by atoms with Crippen LogP contribution in [0, 0.1) is 0 Å². The highest BCUT2D eigenvalue weighted by molar-refractivity contribution is 5.87. The largest absolute Gasteiger partial charge is 0.503 e. The monoisotopic (exact) mass is 363 g/mol. The van der Waals surface area contributed by atoms with Gasteiger partial charge in [0.05, 0.1) is 0 Å². The Morgan fingerprint density at radius 3 is 2.27 bits per heavy atom. The van der Waals surface area contributed by atoms with Crippen molar-refractivity contribution in [2.75, 3.05) is 0 Å². The molecule has 0 amide bonds. The molecule has 1 aromatic heterocycles. The summed E-state index contributed by atoms with van der Waals surface area (Å²) in [5, 5.41) is 18.9. The number of halogens is 2. The van der Waals surface area contributed by atoms with E-state index in [1.54, 1.807) is 0 Å². The van der Waals surface area contributed by atoms with Crippen LogP contribution in [-0.2, 0) is 12.0 Å². The second-order valence-corrected chi connectivity index (χ2v) is 6.87. The zero-order chi connectivity index (χ0) is 18.9. The number of aromatic carboxylic acids is 1. The van der Waals surface area contributed by atoms with Gasteiger partial charge in [0.25, 0.3) is 0 Å². The van der Waals surface area contributed by atoms with Crippen LogP contribution in [0.25, 0.3) is 0 Å². The van der Waals surface area contributed by atoms with Gasteiger partial charge in [-0.05, 0) is 18.4 Å². The number of benzene rings is 1. The maximum Gasteiger partial charge on any atom is 0.341 e. The second kappa shape index (κ2) is 6.55. The van der Waals surface area contributed by atoms with E-state index < -0.39 is 34.0 Å². The van der Waals surface area contributed by atoms with Gasteiger partial charge in [0, 0.05) is 37.2 Å². The molecule has 2 aromatic rings. The zero-order valence-corrected chi connectivity index (χ0v) is 14.0. The van der Waals surface area contributed by atoms with Crippen LogP contribution >= 0.6 is 0 Å². The Kier molecular flexibility index (Phi) is 4.56. The van der Waals surface area contributed by atoms with E-state index in [1.165, 1.54) is 4.57 Å². The van der Waals surface area contributed by atoms with E-state index in [-0.39, 0.29) is 32.2 Å². The van der Waals surface area contributed by atoms with Gasteiger partial charge in [-0.2, -0.15) is 0 Å². The zero-order valence-electron chi connectivity index (χ0n) is 14.0. The molecule has 0 atom stereocenters. The topological polar surface area (TPSA) is 79.5 Å². The molecule has 5 nitrogen and oxygen atoms in total. The molecule has 1 fully saturated rings. The van der Waals surface area contributed by atoms with Crippen LogP contribution in [0.15, 0.2) is 47.5 Å². The molecule has 26 heavy (non-hydrogen) atoms. The van der Waals surface area contributed by atoms with Gasteiger partial charge in [-0.1, -0.05) is 30.3 Å². The van der Waals surface area contributed by atoms with Crippen molar-refractivity contribution in [3.63, 3.8) is 0 Å². The number of hydrogen-bond acceptors (Lipinski definition) is 3. The molecule has 0 bridgehead atoms. The Morgan fingerprint density at radius 2 is 1.69 bits per heavy atom. The summed E-state index contributed by atoms with van der Waals surface area (Å²) in [5.74, 6) is -4.83. The highest BCUT2D eigenvalue weighted by atomic mass is 19.3. The highest BCUT2D eigenvalue weighted by Gasteiger charge is 2.44. The summed E-state index contributed by atoms with van der Waals surface area (Å²) in [6.07, 6.45) is 2.23. The molecule has 0 spiro atoms. The van der Waals surface area contributed by atoms with Crippen LogP contribution < -0.4 is 5.43 Å². The van der Waals surface area contributed by atoms with E-state index in [0.29, 0.717) is 0 Å². The summed E-state index contributed by atoms with van der Waals surface area (Å²) in [7, 11) is 0. The summed E-state index contributed by atoms with van der Waals surface area (Å²) in [6.45, 7) is 0.196. The SMILES string of the molecule is O=C(O)c1cn(CC2(c3ccccc3)CCC(F)(F)CC2)cc(O)c1=O. The number of rotatable bonds is 4. The molecule has 0 saturated heterocycles. The minimum Gasteiger partial charge on any atom is -0.503 e. The first-order chi connectivity index (χ1) is 12.2. The summed E-state index contributed by atoms with van der Waals surface area (Å²) >= 11 is 0. The summed E-state index contributed by atoms with van der Waals surface area (Å²) in [5.41, 5.74) is -1.25. The number of carboxylic acids is 1. The normalized spacial score (nSPS) is 18.4. The first kappa shape index (κ1) is 18.1. The first-order valence-electron chi connectivity index (χ1n) is 8.32. The Hall–Kier alpha value is -2.70. The first-order valence-corrected chi connectivity index (χ1v) is 8.32. The van der Waals surface area contributed by atoms with Gasteiger partial charge in [-0.15, -0.1) is 0 Å². The molecule has 1 heterocycles. The Balaban J connectivity index is 2.03. The van der Waals surface area contributed by atoms with Crippen LogP contribution in [-0.4, -0.2) is 26.7 Å². The molecule has 1 aromatic carbocycles. The lowest BCUT2D eigenvalue weighted by Crippen LogP contribution is -2.40. The third-order valence-corrected chi connectivity index (χ3v) is 5.10. The fourth-order valence-electron chi connectivity index (χ4n) is 3.63. The van der Waals surface area contributed by atoms with E-state index in [0.717, 1.165) is 18.0 Å². The number of nitrogens with zero attached hydrogens (tertiary/aromatic N) is 1. The number of carboxylic acid groups (broad SMARTS) is 1. The number of hydrogen-bond donors (Lipinski definition) is 2. The van der Waals surface area contributed by atoms with E-state index >= 15 is 0 Å². The molecule has 1 saturated carbocycles. The number of pyridine rings is 1. The lowest BCUT2D eigenvalue weighted by atomic mass is 9.68. The fraction of sp³-hybridized carbons (Fsp3) is 0.368. The number of carbonyl (C=O) groups is 1.